The zero-order valence-electron chi connectivity index (χ0n) is 11.3. The SMILES string of the molecule is CCCCOCCN1CCN(CC(N)=NO)CC1. The van der Waals surface area contributed by atoms with E-state index in [0.717, 1.165) is 52.4 Å². The molecular weight excluding hydrogens is 232 g/mol. The van der Waals surface area contributed by atoms with Crippen molar-refractivity contribution in [2.45, 2.75) is 19.8 Å². The molecule has 0 aromatic rings. The Bertz CT molecular complexity index is 240. The Kier molecular flexibility index (Phi) is 7.71. The summed E-state index contributed by atoms with van der Waals surface area (Å²) in [5.41, 5.74) is 5.49. The highest BCUT2D eigenvalue weighted by atomic mass is 16.5. The minimum atomic E-state index is 0.284. The monoisotopic (exact) mass is 258 g/mol. The normalized spacial score (nSPS) is 19.3. The third-order valence-electron chi connectivity index (χ3n) is 3.17. The van der Waals surface area contributed by atoms with E-state index in [0.29, 0.717) is 6.54 Å². The van der Waals surface area contributed by atoms with Crippen molar-refractivity contribution in [1.29, 1.82) is 0 Å². The van der Waals surface area contributed by atoms with Crippen LogP contribution in [0, 0.1) is 0 Å². The molecule has 0 aliphatic carbocycles. The first kappa shape index (κ1) is 15.2. The first-order valence-electron chi connectivity index (χ1n) is 6.75. The molecule has 3 N–H and O–H groups in total. The molecule has 0 atom stereocenters. The van der Waals surface area contributed by atoms with Crippen LogP contribution in [0.2, 0.25) is 0 Å². The topological polar surface area (TPSA) is 74.3 Å². The van der Waals surface area contributed by atoms with Crippen molar-refractivity contribution in [3.63, 3.8) is 0 Å². The molecule has 1 saturated heterocycles. The van der Waals surface area contributed by atoms with Crippen LogP contribution in [0.4, 0.5) is 0 Å². The van der Waals surface area contributed by atoms with Gasteiger partial charge in [0.25, 0.3) is 0 Å². The molecule has 0 aromatic carbocycles. The number of amidine groups is 1. The molecule has 1 rings (SSSR count). The smallest absolute Gasteiger partial charge is 0.153 e. The van der Waals surface area contributed by atoms with Crippen molar-refractivity contribution in [1.82, 2.24) is 9.80 Å². The summed E-state index contributed by atoms with van der Waals surface area (Å²) in [7, 11) is 0. The van der Waals surface area contributed by atoms with Crippen LogP contribution >= 0.6 is 0 Å². The highest BCUT2D eigenvalue weighted by Gasteiger charge is 2.17. The molecule has 0 radical (unpaired) electrons. The van der Waals surface area contributed by atoms with Crippen molar-refractivity contribution in [3.8, 4) is 0 Å². The summed E-state index contributed by atoms with van der Waals surface area (Å²) in [5, 5.41) is 11.5. The van der Waals surface area contributed by atoms with Gasteiger partial charge in [-0.25, -0.2) is 0 Å². The molecule has 6 heteroatoms. The zero-order valence-corrected chi connectivity index (χ0v) is 11.3. The Labute approximate surface area is 109 Å². The average Bonchev–Trinajstić information content (AvgIpc) is 2.40. The summed E-state index contributed by atoms with van der Waals surface area (Å²) >= 11 is 0. The first-order chi connectivity index (χ1) is 8.76. The minimum absolute atomic E-state index is 0.284. The van der Waals surface area contributed by atoms with E-state index in [4.69, 9.17) is 15.7 Å². The molecule has 0 aromatic heterocycles. The van der Waals surface area contributed by atoms with Gasteiger partial charge in [0.1, 0.15) is 0 Å². The summed E-state index contributed by atoms with van der Waals surface area (Å²) in [6.07, 6.45) is 2.33. The molecular formula is C12H26N4O2. The maximum atomic E-state index is 8.51. The van der Waals surface area contributed by atoms with Gasteiger partial charge in [0.15, 0.2) is 5.84 Å². The van der Waals surface area contributed by atoms with E-state index in [1.165, 1.54) is 6.42 Å². The molecule has 0 spiro atoms. The molecule has 6 nitrogen and oxygen atoms in total. The van der Waals surface area contributed by atoms with Crippen molar-refractivity contribution in [3.05, 3.63) is 0 Å². The number of oxime groups is 1. The van der Waals surface area contributed by atoms with E-state index in [-0.39, 0.29) is 5.84 Å². The minimum Gasteiger partial charge on any atom is -0.409 e. The predicted octanol–water partition coefficient (Wildman–Crippen LogP) is 0.167. The summed E-state index contributed by atoms with van der Waals surface area (Å²) in [6, 6.07) is 0. The van der Waals surface area contributed by atoms with Crippen LogP contribution in [0.25, 0.3) is 0 Å². The first-order valence-corrected chi connectivity index (χ1v) is 6.75. The van der Waals surface area contributed by atoms with Gasteiger partial charge < -0.3 is 15.7 Å². The summed E-state index contributed by atoms with van der Waals surface area (Å²) in [6.45, 7) is 9.39. The van der Waals surface area contributed by atoms with Crippen LogP contribution in [0.3, 0.4) is 0 Å². The van der Waals surface area contributed by atoms with E-state index in [9.17, 15) is 0 Å². The van der Waals surface area contributed by atoms with E-state index >= 15 is 0 Å². The lowest BCUT2D eigenvalue weighted by Gasteiger charge is -2.34. The van der Waals surface area contributed by atoms with Gasteiger partial charge in [-0.05, 0) is 6.42 Å². The van der Waals surface area contributed by atoms with Gasteiger partial charge in [-0.3, -0.25) is 9.80 Å². The molecule has 0 bridgehead atoms. The van der Waals surface area contributed by atoms with E-state index in [1.807, 2.05) is 0 Å². The average molecular weight is 258 g/mol. The van der Waals surface area contributed by atoms with Crippen LogP contribution in [-0.2, 0) is 4.74 Å². The fraction of sp³-hybridized carbons (Fsp3) is 0.917. The lowest BCUT2D eigenvalue weighted by atomic mass is 10.3. The second kappa shape index (κ2) is 9.13. The molecule has 1 aliphatic heterocycles. The molecule has 0 amide bonds. The highest BCUT2D eigenvalue weighted by Crippen LogP contribution is 2.01. The standard InChI is InChI=1S/C12H26N4O2/c1-2-3-9-18-10-8-15-4-6-16(7-5-15)11-12(13)14-17/h17H,2-11H2,1H3,(H2,13,14). The second-order valence-electron chi connectivity index (χ2n) is 4.68. The van der Waals surface area contributed by atoms with E-state index in [1.54, 1.807) is 0 Å². The van der Waals surface area contributed by atoms with Crippen LogP contribution < -0.4 is 5.73 Å². The number of rotatable bonds is 8. The molecule has 18 heavy (non-hydrogen) atoms. The van der Waals surface area contributed by atoms with Gasteiger partial charge in [0.05, 0.1) is 13.2 Å². The Balaban J connectivity index is 2.04. The number of hydrogen-bond donors (Lipinski definition) is 2. The Morgan fingerprint density at radius 2 is 1.89 bits per heavy atom. The Morgan fingerprint density at radius 1 is 1.22 bits per heavy atom. The number of piperazine rings is 1. The number of ether oxygens (including phenoxy) is 1. The van der Waals surface area contributed by atoms with Gasteiger partial charge in [0, 0.05) is 39.3 Å². The van der Waals surface area contributed by atoms with Crippen molar-refractivity contribution in [2.24, 2.45) is 10.9 Å². The third-order valence-corrected chi connectivity index (χ3v) is 3.17. The lowest BCUT2D eigenvalue weighted by Crippen LogP contribution is -2.49. The van der Waals surface area contributed by atoms with Crippen LogP contribution in [-0.4, -0.2) is 73.3 Å². The molecule has 1 aliphatic rings. The quantitative estimate of drug-likeness (QED) is 0.213. The molecule has 1 fully saturated rings. The highest BCUT2D eigenvalue weighted by molar-refractivity contribution is 5.81. The molecule has 0 unspecified atom stereocenters. The van der Waals surface area contributed by atoms with Gasteiger partial charge in [0.2, 0.25) is 0 Å². The molecule has 1 heterocycles. The largest absolute Gasteiger partial charge is 0.409 e. The summed E-state index contributed by atoms with van der Waals surface area (Å²) in [4.78, 5) is 4.60. The van der Waals surface area contributed by atoms with Gasteiger partial charge in [-0.15, -0.1) is 0 Å². The van der Waals surface area contributed by atoms with Crippen molar-refractivity contribution in [2.75, 3.05) is 52.5 Å². The summed E-state index contributed by atoms with van der Waals surface area (Å²) < 4.78 is 5.56. The van der Waals surface area contributed by atoms with Gasteiger partial charge in [-0.2, -0.15) is 0 Å². The fourth-order valence-corrected chi connectivity index (χ4v) is 1.97. The van der Waals surface area contributed by atoms with E-state index < -0.39 is 0 Å². The number of hydrogen-bond acceptors (Lipinski definition) is 5. The maximum Gasteiger partial charge on any atom is 0.153 e. The third kappa shape index (κ3) is 6.18. The van der Waals surface area contributed by atoms with Crippen LogP contribution in [0.1, 0.15) is 19.8 Å². The predicted molar refractivity (Wildman–Crippen MR) is 72.0 cm³/mol. The number of unbranched alkanes of at least 4 members (excludes halogenated alkanes) is 1. The Morgan fingerprint density at radius 3 is 2.50 bits per heavy atom. The van der Waals surface area contributed by atoms with E-state index in [2.05, 4.69) is 21.9 Å². The summed E-state index contributed by atoms with van der Waals surface area (Å²) in [5.74, 6) is 0.284. The van der Waals surface area contributed by atoms with Gasteiger partial charge in [-0.1, -0.05) is 18.5 Å². The maximum absolute atomic E-state index is 8.51. The number of nitrogens with zero attached hydrogens (tertiary/aromatic N) is 3. The van der Waals surface area contributed by atoms with Crippen molar-refractivity contribution >= 4 is 5.84 Å². The second-order valence-corrected chi connectivity index (χ2v) is 4.68. The Hall–Kier alpha value is -0.850. The van der Waals surface area contributed by atoms with Crippen LogP contribution in [0.15, 0.2) is 5.16 Å². The van der Waals surface area contributed by atoms with Crippen LogP contribution in [0.5, 0.6) is 0 Å². The van der Waals surface area contributed by atoms with Crippen molar-refractivity contribution < 1.29 is 9.94 Å². The fourth-order valence-electron chi connectivity index (χ4n) is 1.97. The van der Waals surface area contributed by atoms with Gasteiger partial charge >= 0.3 is 0 Å². The lowest BCUT2D eigenvalue weighted by molar-refractivity contribution is 0.0781. The zero-order chi connectivity index (χ0) is 13.2. The molecule has 0 saturated carbocycles. The number of nitrogens with two attached hydrogens (primary N) is 1. The molecule has 106 valence electrons.